The van der Waals surface area contributed by atoms with Crippen LogP contribution < -0.4 is 0 Å². The minimum absolute atomic E-state index is 0.0700. The Hall–Kier alpha value is 0.910. The van der Waals surface area contributed by atoms with E-state index >= 15 is 0 Å². The molecule has 5 heteroatoms. The molecule has 0 N–H and O–H groups in total. The first-order chi connectivity index (χ1) is 10.5. The molecule has 0 saturated carbocycles. The second kappa shape index (κ2) is 15.4. The Bertz CT molecular complexity index is 332. The molecule has 0 aliphatic rings. The fourth-order valence-electron chi connectivity index (χ4n) is 2.61. The van der Waals surface area contributed by atoms with Crippen LogP contribution in [0.3, 0.4) is 0 Å². The summed E-state index contributed by atoms with van der Waals surface area (Å²) in [5, 5.41) is 0. The Labute approximate surface area is 155 Å². The van der Waals surface area contributed by atoms with Gasteiger partial charge in [0.1, 0.15) is 4.66 Å². The SMILES string of the molecule is CCCCCCCCCCCCCCC(Br)CS(=O)(=O)CBr. The maximum atomic E-state index is 11.5. The molecule has 22 heavy (non-hydrogen) atoms. The molecule has 0 radical (unpaired) electrons. The van der Waals surface area contributed by atoms with E-state index in [2.05, 4.69) is 38.8 Å². The Morgan fingerprint density at radius 2 is 1.18 bits per heavy atom. The summed E-state index contributed by atoms with van der Waals surface area (Å²) in [5.41, 5.74) is 0. The average Bonchev–Trinajstić information content (AvgIpc) is 2.48. The number of unbranched alkanes of at least 4 members (excludes halogenated alkanes) is 11. The molecule has 0 aliphatic heterocycles. The highest BCUT2D eigenvalue weighted by Gasteiger charge is 2.15. The first-order valence-corrected chi connectivity index (χ1v) is 12.8. The van der Waals surface area contributed by atoms with Gasteiger partial charge in [0.05, 0.1) is 5.75 Å². The predicted molar refractivity (Wildman–Crippen MR) is 106 cm³/mol. The van der Waals surface area contributed by atoms with Crippen LogP contribution in [-0.4, -0.2) is 23.7 Å². The number of hydrogen-bond acceptors (Lipinski definition) is 2. The van der Waals surface area contributed by atoms with Crippen molar-refractivity contribution in [3.63, 3.8) is 0 Å². The molecule has 0 amide bonds. The highest BCUT2D eigenvalue weighted by Crippen LogP contribution is 2.16. The van der Waals surface area contributed by atoms with E-state index in [0.29, 0.717) is 0 Å². The highest BCUT2D eigenvalue weighted by molar-refractivity contribution is 9.11. The molecule has 0 aromatic rings. The second-order valence-corrected chi connectivity index (χ2v) is 11.0. The van der Waals surface area contributed by atoms with Gasteiger partial charge in [-0.15, -0.1) is 0 Å². The van der Waals surface area contributed by atoms with Gasteiger partial charge in [-0.1, -0.05) is 116 Å². The van der Waals surface area contributed by atoms with Gasteiger partial charge < -0.3 is 0 Å². The van der Waals surface area contributed by atoms with Gasteiger partial charge in [-0.2, -0.15) is 0 Å². The van der Waals surface area contributed by atoms with Crippen molar-refractivity contribution < 1.29 is 8.42 Å². The van der Waals surface area contributed by atoms with E-state index in [0.717, 1.165) is 12.8 Å². The third kappa shape index (κ3) is 15.8. The smallest absolute Gasteiger partial charge is 0.161 e. The van der Waals surface area contributed by atoms with Crippen molar-refractivity contribution in [3.05, 3.63) is 0 Å². The van der Waals surface area contributed by atoms with Crippen LogP contribution in [0.1, 0.15) is 90.4 Å². The zero-order chi connectivity index (χ0) is 16.7. The average molecular weight is 462 g/mol. The van der Waals surface area contributed by atoms with Crippen molar-refractivity contribution in [1.29, 1.82) is 0 Å². The Morgan fingerprint density at radius 3 is 1.59 bits per heavy atom. The van der Waals surface area contributed by atoms with Crippen molar-refractivity contribution in [1.82, 2.24) is 0 Å². The summed E-state index contributed by atoms with van der Waals surface area (Å²) >= 11 is 6.51. The highest BCUT2D eigenvalue weighted by atomic mass is 79.9. The van der Waals surface area contributed by atoms with E-state index in [1.165, 1.54) is 70.6 Å². The van der Waals surface area contributed by atoms with Gasteiger partial charge in [0.25, 0.3) is 0 Å². The minimum atomic E-state index is -2.92. The summed E-state index contributed by atoms with van der Waals surface area (Å²) < 4.78 is 23.0. The summed E-state index contributed by atoms with van der Waals surface area (Å²) in [6, 6.07) is 0. The van der Waals surface area contributed by atoms with E-state index in [1.807, 2.05) is 0 Å². The van der Waals surface area contributed by atoms with Crippen molar-refractivity contribution in [3.8, 4) is 0 Å². The normalized spacial score (nSPS) is 13.4. The molecule has 0 rings (SSSR count). The molecule has 0 bridgehead atoms. The maximum absolute atomic E-state index is 11.5. The Balaban J connectivity index is 3.26. The summed E-state index contributed by atoms with van der Waals surface area (Å²) in [7, 11) is -2.92. The molecule has 0 aliphatic carbocycles. The molecule has 1 unspecified atom stereocenters. The van der Waals surface area contributed by atoms with E-state index in [-0.39, 0.29) is 15.2 Å². The molecule has 0 aromatic carbocycles. The van der Waals surface area contributed by atoms with Gasteiger partial charge in [-0.05, 0) is 6.42 Å². The van der Waals surface area contributed by atoms with Crippen LogP contribution in [0.25, 0.3) is 0 Å². The van der Waals surface area contributed by atoms with Crippen LogP contribution in [0.15, 0.2) is 0 Å². The van der Waals surface area contributed by atoms with Gasteiger partial charge in [-0.25, -0.2) is 8.42 Å². The molecule has 134 valence electrons. The van der Waals surface area contributed by atoms with Crippen LogP contribution in [0.5, 0.6) is 0 Å². The molecular formula is C17H34Br2O2S. The molecular weight excluding hydrogens is 428 g/mol. The summed E-state index contributed by atoms with van der Waals surface area (Å²) in [6.07, 6.45) is 17.1. The van der Waals surface area contributed by atoms with Gasteiger partial charge in [0.2, 0.25) is 0 Å². The quantitative estimate of drug-likeness (QED) is 0.191. The third-order valence-electron chi connectivity index (χ3n) is 3.97. The van der Waals surface area contributed by atoms with E-state index in [1.54, 1.807) is 0 Å². The minimum Gasteiger partial charge on any atom is -0.228 e. The van der Waals surface area contributed by atoms with Crippen LogP contribution in [0, 0.1) is 0 Å². The number of alkyl halides is 2. The number of halogens is 2. The fraction of sp³-hybridized carbons (Fsp3) is 1.00. The largest absolute Gasteiger partial charge is 0.228 e. The Morgan fingerprint density at radius 1 is 0.773 bits per heavy atom. The zero-order valence-corrected chi connectivity index (χ0v) is 18.2. The molecule has 0 spiro atoms. The first kappa shape index (κ1) is 22.9. The molecule has 0 aromatic heterocycles. The van der Waals surface area contributed by atoms with Gasteiger partial charge >= 0.3 is 0 Å². The van der Waals surface area contributed by atoms with E-state index < -0.39 is 9.84 Å². The van der Waals surface area contributed by atoms with Crippen molar-refractivity contribution in [2.45, 2.75) is 95.2 Å². The predicted octanol–water partition coefficient (Wildman–Crippen LogP) is 6.61. The number of sulfone groups is 1. The first-order valence-electron chi connectivity index (χ1n) is 8.92. The zero-order valence-electron chi connectivity index (χ0n) is 14.2. The van der Waals surface area contributed by atoms with Crippen LogP contribution in [-0.2, 0) is 9.84 Å². The Kier molecular flexibility index (Phi) is 16.1. The number of rotatable bonds is 16. The molecule has 2 nitrogen and oxygen atoms in total. The summed E-state index contributed by atoms with van der Waals surface area (Å²) in [4.78, 5) is 0.109. The number of hydrogen-bond donors (Lipinski definition) is 0. The van der Waals surface area contributed by atoms with Crippen molar-refractivity contribution in [2.75, 3.05) is 10.4 Å². The lowest BCUT2D eigenvalue weighted by Crippen LogP contribution is -2.16. The molecule has 1 atom stereocenters. The third-order valence-corrected chi connectivity index (χ3v) is 8.52. The van der Waals surface area contributed by atoms with E-state index in [4.69, 9.17) is 0 Å². The standard InChI is InChI=1S/C17H34Br2O2S/c1-2-3-4-5-6-7-8-9-10-11-12-13-14-17(19)15-22(20,21)16-18/h17H,2-16H2,1H3. The van der Waals surface area contributed by atoms with E-state index in [9.17, 15) is 8.42 Å². The van der Waals surface area contributed by atoms with Crippen molar-refractivity contribution in [2.24, 2.45) is 0 Å². The fourth-order valence-corrected chi connectivity index (χ4v) is 5.51. The topological polar surface area (TPSA) is 34.1 Å². The van der Waals surface area contributed by atoms with Crippen LogP contribution in [0.2, 0.25) is 0 Å². The van der Waals surface area contributed by atoms with Gasteiger partial charge in [-0.3, -0.25) is 0 Å². The molecule has 0 heterocycles. The van der Waals surface area contributed by atoms with Crippen molar-refractivity contribution >= 4 is 41.7 Å². The lowest BCUT2D eigenvalue weighted by molar-refractivity contribution is 0.539. The molecule has 0 saturated heterocycles. The van der Waals surface area contributed by atoms with Gasteiger partial charge in [0, 0.05) is 4.83 Å². The van der Waals surface area contributed by atoms with Gasteiger partial charge in [0.15, 0.2) is 9.84 Å². The summed E-state index contributed by atoms with van der Waals surface area (Å²) in [5.74, 6) is 0.246. The van der Waals surface area contributed by atoms with Crippen LogP contribution >= 0.6 is 31.9 Å². The second-order valence-electron chi connectivity index (χ2n) is 6.29. The summed E-state index contributed by atoms with van der Waals surface area (Å²) in [6.45, 7) is 2.26. The monoisotopic (exact) mass is 460 g/mol. The lowest BCUT2D eigenvalue weighted by Gasteiger charge is -2.09. The maximum Gasteiger partial charge on any atom is 0.161 e. The van der Waals surface area contributed by atoms with Crippen LogP contribution in [0.4, 0.5) is 0 Å². The molecule has 0 fully saturated rings. The lowest BCUT2D eigenvalue weighted by atomic mass is 10.0.